The maximum atomic E-state index is 13.8. The molecule has 0 saturated heterocycles. The molecule has 35 heavy (non-hydrogen) atoms. The fraction of sp³-hybridized carbons (Fsp3) is 0. The molecule has 2 nitrogen and oxygen atoms in total. The van der Waals surface area contributed by atoms with E-state index in [0.717, 1.165) is 20.1 Å². The van der Waals surface area contributed by atoms with Crippen LogP contribution in [0.5, 0.6) is 0 Å². The van der Waals surface area contributed by atoms with Crippen molar-refractivity contribution in [2.45, 2.75) is 9.79 Å². The second kappa shape index (κ2) is 11.3. The summed E-state index contributed by atoms with van der Waals surface area (Å²) in [6, 6.07) is 25.0. The molecule has 4 aromatic rings. The van der Waals surface area contributed by atoms with E-state index in [9.17, 15) is 8.42 Å². The standard InChI is InChI=1S/C28H18Br2Cl2O2S/c29-23-9-3-19(4-10-23)1-7-21-17-25(31)13-15-27(21)35(33,34)28-16-14-26(32)18-22(28)8-2-20-5-11-24(30)12-6-20/h1-18H/b7-1+,8-2+. The van der Waals surface area contributed by atoms with Crippen molar-refractivity contribution in [3.63, 3.8) is 0 Å². The molecule has 7 heteroatoms. The predicted octanol–water partition coefficient (Wildman–Crippen LogP) is 9.69. The molecule has 0 N–H and O–H groups in total. The first kappa shape index (κ1) is 25.9. The second-order valence-electron chi connectivity index (χ2n) is 7.64. The van der Waals surface area contributed by atoms with Crippen LogP contribution >= 0.6 is 55.1 Å². The smallest absolute Gasteiger partial charge is 0.207 e. The average molecular weight is 649 g/mol. The van der Waals surface area contributed by atoms with Gasteiger partial charge in [-0.25, -0.2) is 8.42 Å². The Hall–Kier alpha value is -2.15. The monoisotopic (exact) mass is 646 g/mol. The van der Waals surface area contributed by atoms with Crippen molar-refractivity contribution in [1.82, 2.24) is 0 Å². The van der Waals surface area contributed by atoms with Crippen molar-refractivity contribution in [3.05, 3.63) is 126 Å². The molecule has 0 aromatic heterocycles. The Kier molecular flexibility index (Phi) is 8.35. The van der Waals surface area contributed by atoms with Crippen molar-refractivity contribution >= 4 is 89.2 Å². The Morgan fingerprint density at radius 1 is 0.543 bits per heavy atom. The van der Waals surface area contributed by atoms with Gasteiger partial charge < -0.3 is 0 Å². The summed E-state index contributed by atoms with van der Waals surface area (Å²) >= 11 is 19.3. The SMILES string of the molecule is O=S(=O)(c1ccc(Cl)cc1/C=C/c1ccc(Br)cc1)c1ccc(Cl)cc1/C=C/c1ccc(Br)cc1. The van der Waals surface area contributed by atoms with Crippen LogP contribution in [0.4, 0.5) is 0 Å². The maximum Gasteiger partial charge on any atom is 0.207 e. The topological polar surface area (TPSA) is 34.1 Å². The number of halogens is 4. The van der Waals surface area contributed by atoms with Crippen molar-refractivity contribution in [2.75, 3.05) is 0 Å². The summed E-state index contributed by atoms with van der Waals surface area (Å²) in [7, 11) is -3.89. The van der Waals surface area contributed by atoms with E-state index in [1.807, 2.05) is 60.7 Å². The summed E-state index contributed by atoms with van der Waals surface area (Å²) in [5.74, 6) is 0. The molecule has 0 amide bonds. The van der Waals surface area contributed by atoms with Gasteiger partial charge in [0.15, 0.2) is 0 Å². The van der Waals surface area contributed by atoms with E-state index < -0.39 is 9.84 Å². The van der Waals surface area contributed by atoms with Crippen LogP contribution in [0.3, 0.4) is 0 Å². The molecule has 0 radical (unpaired) electrons. The van der Waals surface area contributed by atoms with Gasteiger partial charge in [-0.05, 0) is 82.9 Å². The summed E-state index contributed by atoms with van der Waals surface area (Å²) in [5, 5.41) is 0.900. The Labute approximate surface area is 232 Å². The van der Waals surface area contributed by atoms with E-state index in [4.69, 9.17) is 23.2 Å². The normalized spacial score (nSPS) is 12.0. The minimum absolute atomic E-state index is 0.163. The Balaban J connectivity index is 1.77. The molecule has 4 rings (SSSR count). The molecule has 0 atom stereocenters. The van der Waals surface area contributed by atoms with Gasteiger partial charge in [-0.15, -0.1) is 0 Å². The molecule has 0 unspecified atom stereocenters. The Morgan fingerprint density at radius 3 is 1.29 bits per heavy atom. The van der Waals surface area contributed by atoms with Gasteiger partial charge in [0, 0.05) is 19.0 Å². The first-order valence-corrected chi connectivity index (χ1v) is 14.3. The van der Waals surface area contributed by atoms with Gasteiger partial charge in [0.2, 0.25) is 9.84 Å². The maximum absolute atomic E-state index is 13.8. The molecule has 0 fully saturated rings. The van der Waals surface area contributed by atoms with Crippen LogP contribution in [-0.2, 0) is 9.84 Å². The molecule has 0 heterocycles. The molecule has 0 saturated carbocycles. The third-order valence-corrected chi connectivity index (χ3v) is 8.60. The van der Waals surface area contributed by atoms with Gasteiger partial charge in [-0.1, -0.05) is 104 Å². The van der Waals surface area contributed by atoms with Crippen molar-refractivity contribution in [2.24, 2.45) is 0 Å². The fourth-order valence-electron chi connectivity index (χ4n) is 3.43. The number of rotatable bonds is 6. The van der Waals surface area contributed by atoms with Gasteiger partial charge in [0.1, 0.15) is 0 Å². The summed E-state index contributed by atoms with van der Waals surface area (Å²) in [5.41, 5.74) is 2.86. The summed E-state index contributed by atoms with van der Waals surface area (Å²) < 4.78 is 29.6. The van der Waals surface area contributed by atoms with E-state index in [-0.39, 0.29) is 9.79 Å². The molecule has 0 spiro atoms. The van der Waals surface area contributed by atoms with Crippen LogP contribution in [0, 0.1) is 0 Å². The molecule has 0 aliphatic carbocycles. The Morgan fingerprint density at radius 2 is 0.914 bits per heavy atom. The van der Waals surface area contributed by atoms with E-state index in [2.05, 4.69) is 31.9 Å². The zero-order valence-corrected chi connectivity index (χ0v) is 23.6. The van der Waals surface area contributed by atoms with Gasteiger partial charge in [-0.3, -0.25) is 0 Å². The number of sulfone groups is 1. The van der Waals surface area contributed by atoms with E-state index in [1.165, 1.54) is 12.1 Å². The average Bonchev–Trinajstić information content (AvgIpc) is 2.83. The van der Waals surface area contributed by atoms with Crippen LogP contribution in [0.25, 0.3) is 24.3 Å². The number of hydrogen-bond acceptors (Lipinski definition) is 2. The van der Waals surface area contributed by atoms with Crippen LogP contribution in [0.2, 0.25) is 10.0 Å². The van der Waals surface area contributed by atoms with E-state index >= 15 is 0 Å². The summed E-state index contributed by atoms with van der Waals surface area (Å²) in [4.78, 5) is 0.326. The summed E-state index contributed by atoms with van der Waals surface area (Å²) in [6.45, 7) is 0. The summed E-state index contributed by atoms with van der Waals surface area (Å²) in [6.07, 6.45) is 7.23. The molecular weight excluding hydrogens is 631 g/mol. The van der Waals surface area contributed by atoms with E-state index in [0.29, 0.717) is 21.2 Å². The lowest BCUT2D eigenvalue weighted by Gasteiger charge is -2.12. The van der Waals surface area contributed by atoms with E-state index in [1.54, 1.807) is 36.4 Å². The molecule has 176 valence electrons. The lowest BCUT2D eigenvalue weighted by atomic mass is 10.1. The van der Waals surface area contributed by atoms with Crippen LogP contribution in [0.1, 0.15) is 22.3 Å². The van der Waals surface area contributed by atoms with Crippen LogP contribution in [-0.4, -0.2) is 8.42 Å². The van der Waals surface area contributed by atoms with Gasteiger partial charge in [0.25, 0.3) is 0 Å². The fourth-order valence-corrected chi connectivity index (χ4v) is 5.92. The minimum atomic E-state index is -3.89. The van der Waals surface area contributed by atoms with Crippen LogP contribution in [0.15, 0.2) is 104 Å². The minimum Gasteiger partial charge on any atom is -0.218 e. The molecule has 0 aliphatic rings. The first-order chi connectivity index (χ1) is 16.7. The van der Waals surface area contributed by atoms with Gasteiger partial charge >= 0.3 is 0 Å². The third kappa shape index (κ3) is 6.54. The second-order valence-corrected chi connectivity index (χ2v) is 12.2. The predicted molar refractivity (Wildman–Crippen MR) is 154 cm³/mol. The molecule has 4 aromatic carbocycles. The lowest BCUT2D eigenvalue weighted by Crippen LogP contribution is -2.06. The van der Waals surface area contributed by atoms with Crippen molar-refractivity contribution in [1.29, 1.82) is 0 Å². The highest BCUT2D eigenvalue weighted by atomic mass is 79.9. The van der Waals surface area contributed by atoms with Gasteiger partial charge in [0.05, 0.1) is 9.79 Å². The lowest BCUT2D eigenvalue weighted by molar-refractivity contribution is 0.596. The highest BCUT2D eigenvalue weighted by molar-refractivity contribution is 9.10. The highest BCUT2D eigenvalue weighted by Crippen LogP contribution is 2.32. The van der Waals surface area contributed by atoms with Crippen LogP contribution < -0.4 is 0 Å². The quantitative estimate of drug-likeness (QED) is 0.195. The Bertz CT molecular complexity index is 1420. The van der Waals surface area contributed by atoms with Gasteiger partial charge in [-0.2, -0.15) is 0 Å². The third-order valence-electron chi connectivity index (χ3n) is 5.17. The zero-order chi connectivity index (χ0) is 25.0. The molecular formula is C28H18Br2Cl2O2S. The van der Waals surface area contributed by atoms with Crippen molar-refractivity contribution < 1.29 is 8.42 Å². The first-order valence-electron chi connectivity index (χ1n) is 10.4. The number of benzene rings is 4. The number of hydrogen-bond donors (Lipinski definition) is 0. The largest absolute Gasteiger partial charge is 0.218 e. The zero-order valence-electron chi connectivity index (χ0n) is 18.1. The van der Waals surface area contributed by atoms with Crippen molar-refractivity contribution in [3.8, 4) is 0 Å². The highest BCUT2D eigenvalue weighted by Gasteiger charge is 2.23. The molecule has 0 aliphatic heterocycles. The molecule has 0 bridgehead atoms.